The topological polar surface area (TPSA) is 29.1 Å². The van der Waals surface area contributed by atoms with Crippen molar-refractivity contribution in [3.63, 3.8) is 0 Å². The number of hydrogen-bond donors (Lipinski definition) is 1. The number of benzene rings is 1. The molecule has 1 N–H and O–H groups in total. The molecule has 4 heteroatoms. The van der Waals surface area contributed by atoms with Gasteiger partial charge in [0.25, 0.3) is 0 Å². The fourth-order valence-corrected chi connectivity index (χ4v) is 2.70. The number of halogens is 1. The molecule has 2 rings (SSSR count). The molecule has 0 aliphatic carbocycles. The van der Waals surface area contributed by atoms with Crippen molar-refractivity contribution in [2.24, 2.45) is 0 Å². The summed E-state index contributed by atoms with van der Waals surface area (Å²) in [5.74, 6) is -0.0779. The van der Waals surface area contributed by atoms with Gasteiger partial charge in [-0.25, -0.2) is 0 Å². The molecule has 1 aromatic heterocycles. The normalized spacial score (nSPS) is 10.6. The van der Waals surface area contributed by atoms with Crippen molar-refractivity contribution in [3.8, 4) is 0 Å². The van der Waals surface area contributed by atoms with Gasteiger partial charge in [-0.15, -0.1) is 22.9 Å². The minimum absolute atomic E-state index is 0.0321. The van der Waals surface area contributed by atoms with Crippen LogP contribution in [0, 0.1) is 0 Å². The molecular formula is C12H12ClNOS. The summed E-state index contributed by atoms with van der Waals surface area (Å²) in [6.45, 7) is 0.645. The Labute approximate surface area is 103 Å². The van der Waals surface area contributed by atoms with Gasteiger partial charge in [-0.05, 0) is 28.8 Å². The highest BCUT2D eigenvalue weighted by Crippen LogP contribution is 2.25. The van der Waals surface area contributed by atoms with Crippen LogP contribution in [0.2, 0.25) is 0 Å². The Hall–Kier alpha value is -1.06. The maximum Gasteiger partial charge on any atom is 0.234 e. The van der Waals surface area contributed by atoms with Crippen molar-refractivity contribution < 1.29 is 4.79 Å². The molecule has 0 unspecified atom stereocenters. The molecule has 0 atom stereocenters. The van der Waals surface area contributed by atoms with Crippen molar-refractivity contribution in [3.05, 3.63) is 35.2 Å². The van der Waals surface area contributed by atoms with E-state index in [0.29, 0.717) is 6.54 Å². The number of fused-ring (bicyclic) bond motifs is 1. The van der Waals surface area contributed by atoms with Gasteiger partial charge >= 0.3 is 0 Å². The first-order chi connectivity index (χ1) is 7.81. The smallest absolute Gasteiger partial charge is 0.234 e. The molecule has 0 spiro atoms. The van der Waals surface area contributed by atoms with E-state index >= 15 is 0 Å². The highest BCUT2D eigenvalue weighted by Gasteiger charge is 2.03. The standard InChI is InChI=1S/C12H12ClNOS/c13-7-12(15)14-6-5-9-8-16-11-4-2-1-3-10(9)11/h1-4,8H,5-7H2,(H,14,15). The third-order valence-electron chi connectivity index (χ3n) is 2.40. The minimum atomic E-state index is -0.110. The Morgan fingerprint density at radius 1 is 1.38 bits per heavy atom. The number of carbonyl (C=O) groups excluding carboxylic acids is 1. The number of amides is 1. The van der Waals surface area contributed by atoms with Gasteiger partial charge in [0, 0.05) is 11.2 Å². The molecule has 0 saturated heterocycles. The van der Waals surface area contributed by atoms with Crippen LogP contribution >= 0.6 is 22.9 Å². The SMILES string of the molecule is O=C(CCl)NCCc1csc2ccccc12. The molecule has 84 valence electrons. The van der Waals surface area contributed by atoms with Gasteiger partial charge in [0.1, 0.15) is 5.88 Å². The second-order valence-electron chi connectivity index (χ2n) is 3.49. The van der Waals surface area contributed by atoms with Gasteiger partial charge < -0.3 is 5.32 Å². The predicted molar refractivity (Wildman–Crippen MR) is 69.3 cm³/mol. The Balaban J connectivity index is 2.02. The van der Waals surface area contributed by atoms with Gasteiger partial charge in [0.2, 0.25) is 5.91 Å². The Bertz CT molecular complexity index is 494. The van der Waals surface area contributed by atoms with Gasteiger partial charge in [-0.2, -0.15) is 0 Å². The first-order valence-corrected chi connectivity index (χ1v) is 6.50. The van der Waals surface area contributed by atoms with Crippen LogP contribution < -0.4 is 5.32 Å². The number of hydrogen-bond acceptors (Lipinski definition) is 2. The van der Waals surface area contributed by atoms with E-state index in [2.05, 4.69) is 22.8 Å². The summed E-state index contributed by atoms with van der Waals surface area (Å²) >= 11 is 7.14. The number of carbonyl (C=O) groups is 1. The molecule has 2 nitrogen and oxygen atoms in total. The van der Waals surface area contributed by atoms with Gasteiger partial charge in [-0.3, -0.25) is 4.79 Å². The summed E-state index contributed by atoms with van der Waals surface area (Å²) < 4.78 is 1.29. The number of nitrogens with one attached hydrogen (secondary N) is 1. The summed E-state index contributed by atoms with van der Waals surface area (Å²) in [5.41, 5.74) is 1.29. The maximum absolute atomic E-state index is 11.0. The van der Waals surface area contributed by atoms with Gasteiger partial charge in [0.05, 0.1) is 0 Å². The zero-order valence-corrected chi connectivity index (χ0v) is 10.3. The second kappa shape index (κ2) is 5.32. The van der Waals surface area contributed by atoms with E-state index in [9.17, 15) is 4.79 Å². The molecule has 0 radical (unpaired) electrons. The monoisotopic (exact) mass is 253 g/mol. The fourth-order valence-electron chi connectivity index (χ4n) is 1.61. The van der Waals surface area contributed by atoms with Crippen LogP contribution in [0.1, 0.15) is 5.56 Å². The van der Waals surface area contributed by atoms with Crippen LogP contribution in [0.3, 0.4) is 0 Å². The Kier molecular flexibility index (Phi) is 3.80. The third kappa shape index (κ3) is 2.54. The second-order valence-corrected chi connectivity index (χ2v) is 4.67. The molecule has 1 heterocycles. The van der Waals surface area contributed by atoms with Gasteiger partial charge in [0.15, 0.2) is 0 Å². The maximum atomic E-state index is 11.0. The van der Waals surface area contributed by atoms with Crippen LogP contribution in [0.15, 0.2) is 29.6 Å². The molecule has 1 amide bonds. The summed E-state index contributed by atoms with van der Waals surface area (Å²) in [7, 11) is 0. The van der Waals surface area contributed by atoms with Crippen LogP contribution in [0.25, 0.3) is 10.1 Å². The van der Waals surface area contributed by atoms with Crippen LogP contribution in [0.5, 0.6) is 0 Å². The lowest BCUT2D eigenvalue weighted by molar-refractivity contribution is -0.118. The highest BCUT2D eigenvalue weighted by atomic mass is 35.5. The zero-order chi connectivity index (χ0) is 11.4. The Morgan fingerprint density at radius 2 is 2.19 bits per heavy atom. The Morgan fingerprint density at radius 3 is 3.00 bits per heavy atom. The van der Waals surface area contributed by atoms with E-state index in [-0.39, 0.29) is 11.8 Å². The number of alkyl halides is 1. The molecule has 0 bridgehead atoms. The lowest BCUT2D eigenvalue weighted by atomic mass is 10.1. The van der Waals surface area contributed by atoms with Crippen molar-refractivity contribution >= 4 is 38.9 Å². The van der Waals surface area contributed by atoms with Crippen LogP contribution in [-0.2, 0) is 11.2 Å². The van der Waals surface area contributed by atoms with E-state index < -0.39 is 0 Å². The molecule has 1 aromatic carbocycles. The molecule has 16 heavy (non-hydrogen) atoms. The van der Waals surface area contributed by atoms with Crippen molar-refractivity contribution in [2.45, 2.75) is 6.42 Å². The summed E-state index contributed by atoms with van der Waals surface area (Å²) in [6.07, 6.45) is 0.854. The lowest BCUT2D eigenvalue weighted by Crippen LogP contribution is -2.26. The lowest BCUT2D eigenvalue weighted by Gasteiger charge is -2.01. The average molecular weight is 254 g/mol. The van der Waals surface area contributed by atoms with E-state index in [0.717, 1.165) is 6.42 Å². The summed E-state index contributed by atoms with van der Waals surface area (Å²) in [4.78, 5) is 11.0. The fraction of sp³-hybridized carbons (Fsp3) is 0.250. The van der Waals surface area contributed by atoms with Gasteiger partial charge in [-0.1, -0.05) is 18.2 Å². The largest absolute Gasteiger partial charge is 0.355 e. The van der Waals surface area contributed by atoms with E-state index in [1.807, 2.05) is 12.1 Å². The van der Waals surface area contributed by atoms with E-state index in [1.54, 1.807) is 11.3 Å². The highest BCUT2D eigenvalue weighted by molar-refractivity contribution is 7.17. The van der Waals surface area contributed by atoms with Crippen molar-refractivity contribution in [1.29, 1.82) is 0 Å². The molecule has 0 aliphatic heterocycles. The van der Waals surface area contributed by atoms with E-state index in [1.165, 1.54) is 15.6 Å². The molecule has 2 aromatic rings. The first kappa shape index (κ1) is 11.4. The van der Waals surface area contributed by atoms with E-state index in [4.69, 9.17) is 11.6 Å². The quantitative estimate of drug-likeness (QED) is 0.835. The summed E-state index contributed by atoms with van der Waals surface area (Å²) in [6, 6.07) is 8.30. The third-order valence-corrected chi connectivity index (χ3v) is 3.65. The predicted octanol–water partition coefficient (Wildman–Crippen LogP) is 2.80. The zero-order valence-electron chi connectivity index (χ0n) is 8.70. The number of rotatable bonds is 4. The molecular weight excluding hydrogens is 242 g/mol. The minimum Gasteiger partial charge on any atom is -0.355 e. The van der Waals surface area contributed by atoms with Crippen molar-refractivity contribution in [1.82, 2.24) is 5.32 Å². The average Bonchev–Trinajstić information content (AvgIpc) is 2.73. The number of thiophene rings is 1. The molecule has 0 fully saturated rings. The first-order valence-electron chi connectivity index (χ1n) is 5.09. The van der Waals surface area contributed by atoms with Crippen molar-refractivity contribution in [2.75, 3.05) is 12.4 Å². The molecule has 0 aliphatic rings. The molecule has 0 saturated carbocycles. The van der Waals surface area contributed by atoms with Crippen LogP contribution in [0.4, 0.5) is 0 Å². The summed E-state index contributed by atoms with van der Waals surface area (Å²) in [5, 5.41) is 6.20. The van der Waals surface area contributed by atoms with Crippen LogP contribution in [-0.4, -0.2) is 18.3 Å².